The topological polar surface area (TPSA) is 66.7 Å². The Labute approximate surface area is 155 Å². The van der Waals surface area contributed by atoms with Gasteiger partial charge in [0.1, 0.15) is 22.3 Å². The van der Waals surface area contributed by atoms with Crippen LogP contribution in [0.2, 0.25) is 5.15 Å². The van der Waals surface area contributed by atoms with Gasteiger partial charge in [-0.05, 0) is 27.4 Å². The van der Waals surface area contributed by atoms with E-state index in [2.05, 4.69) is 47.6 Å². The van der Waals surface area contributed by atoms with Crippen LogP contribution >= 0.6 is 38.9 Å². The summed E-state index contributed by atoms with van der Waals surface area (Å²) in [4.78, 5) is 12.9. The second-order valence-corrected chi connectivity index (χ2v) is 7.37. The van der Waals surface area contributed by atoms with Crippen LogP contribution in [0, 0.1) is 0 Å². The first-order valence-electron chi connectivity index (χ1n) is 7.22. The van der Waals surface area contributed by atoms with Crippen molar-refractivity contribution in [2.75, 3.05) is 5.32 Å². The molecule has 0 aromatic carbocycles. The van der Waals surface area contributed by atoms with Crippen LogP contribution in [-0.4, -0.2) is 15.0 Å². The molecule has 0 amide bonds. The molecule has 122 valence electrons. The number of anilines is 1. The van der Waals surface area contributed by atoms with Gasteiger partial charge in [-0.25, -0.2) is 9.97 Å². The average molecular weight is 424 g/mol. The van der Waals surface area contributed by atoms with Gasteiger partial charge < -0.3 is 14.7 Å². The molecule has 4 aromatic heterocycles. The number of rotatable bonds is 5. The maximum atomic E-state index is 6.18. The number of thiophene rings is 1. The van der Waals surface area contributed by atoms with Crippen molar-refractivity contribution >= 4 is 55.7 Å². The van der Waals surface area contributed by atoms with Crippen LogP contribution in [0.3, 0.4) is 0 Å². The van der Waals surface area contributed by atoms with E-state index in [0.717, 1.165) is 21.7 Å². The molecule has 0 unspecified atom stereocenters. The third-order valence-corrected chi connectivity index (χ3v) is 5.42. The smallest absolute Gasteiger partial charge is 0.177 e. The van der Waals surface area contributed by atoms with E-state index in [1.54, 1.807) is 29.8 Å². The fourth-order valence-corrected chi connectivity index (χ4v) is 3.77. The molecular weight excluding hydrogens is 412 g/mol. The first kappa shape index (κ1) is 15.7. The molecule has 8 heteroatoms. The lowest BCUT2D eigenvalue weighted by molar-refractivity contribution is 0.556. The molecule has 4 aromatic rings. The predicted molar refractivity (Wildman–Crippen MR) is 99.8 cm³/mol. The molecule has 0 atom stereocenters. The highest BCUT2D eigenvalue weighted by atomic mass is 79.9. The summed E-state index contributed by atoms with van der Waals surface area (Å²) in [6.07, 6.45) is 4.05. The average Bonchev–Trinajstić information content (AvgIpc) is 3.30. The number of fused-ring (bicyclic) bond motifs is 1. The summed E-state index contributed by atoms with van der Waals surface area (Å²) in [5.74, 6) is 1.59. The van der Waals surface area contributed by atoms with E-state index < -0.39 is 0 Å². The van der Waals surface area contributed by atoms with E-state index in [-0.39, 0.29) is 0 Å². The standard InChI is InChI=1S/C16H12BrClN4OS/c17-14-11(7-13-19-3-4-20-13)23-16-10(6-12(18)22-15(14)16)21-8-9-2-1-5-24-9/h1-6H,7-8H2,(H,19,20)(H,21,22). The Hall–Kier alpha value is -1.83. The van der Waals surface area contributed by atoms with Crippen LogP contribution in [-0.2, 0) is 13.0 Å². The highest BCUT2D eigenvalue weighted by Crippen LogP contribution is 2.36. The highest BCUT2D eigenvalue weighted by molar-refractivity contribution is 9.10. The normalized spacial score (nSPS) is 11.2. The van der Waals surface area contributed by atoms with Gasteiger partial charge in [0, 0.05) is 29.9 Å². The van der Waals surface area contributed by atoms with Gasteiger partial charge >= 0.3 is 0 Å². The summed E-state index contributed by atoms with van der Waals surface area (Å²) in [5, 5.41) is 5.85. The van der Waals surface area contributed by atoms with E-state index in [4.69, 9.17) is 16.0 Å². The number of hydrogen-bond donors (Lipinski definition) is 2. The number of aromatic amines is 1. The fraction of sp³-hybridized carbons (Fsp3) is 0.125. The van der Waals surface area contributed by atoms with Crippen molar-refractivity contribution in [1.82, 2.24) is 15.0 Å². The quantitative estimate of drug-likeness (QED) is 0.431. The molecule has 0 saturated heterocycles. The minimum Gasteiger partial charge on any atom is -0.455 e. The summed E-state index contributed by atoms with van der Waals surface area (Å²) < 4.78 is 6.84. The maximum absolute atomic E-state index is 6.18. The van der Waals surface area contributed by atoms with E-state index in [1.165, 1.54) is 4.88 Å². The third kappa shape index (κ3) is 3.07. The maximum Gasteiger partial charge on any atom is 0.177 e. The molecule has 4 heterocycles. The summed E-state index contributed by atoms with van der Waals surface area (Å²) in [5.41, 5.74) is 2.21. The van der Waals surface area contributed by atoms with Gasteiger partial charge in [0.05, 0.1) is 16.6 Å². The Kier molecular flexibility index (Phi) is 4.30. The van der Waals surface area contributed by atoms with Crippen LogP contribution in [0.4, 0.5) is 5.69 Å². The molecule has 2 N–H and O–H groups in total. The van der Waals surface area contributed by atoms with Gasteiger partial charge in [-0.15, -0.1) is 11.3 Å². The summed E-state index contributed by atoms with van der Waals surface area (Å²) in [6.45, 7) is 0.707. The molecule has 0 saturated carbocycles. The Morgan fingerprint density at radius 3 is 3.08 bits per heavy atom. The van der Waals surface area contributed by atoms with E-state index in [0.29, 0.717) is 29.2 Å². The molecule has 0 spiro atoms. The Morgan fingerprint density at radius 2 is 2.33 bits per heavy atom. The third-order valence-electron chi connectivity index (χ3n) is 3.54. The first-order valence-corrected chi connectivity index (χ1v) is 9.27. The highest BCUT2D eigenvalue weighted by Gasteiger charge is 2.18. The number of halogens is 2. The molecule has 0 fully saturated rings. The second-order valence-electron chi connectivity index (χ2n) is 5.16. The van der Waals surface area contributed by atoms with Crippen molar-refractivity contribution < 1.29 is 4.42 Å². The molecule has 5 nitrogen and oxygen atoms in total. The molecule has 0 aliphatic heterocycles. The van der Waals surface area contributed by atoms with Gasteiger partial charge in [0.25, 0.3) is 0 Å². The first-order chi connectivity index (χ1) is 11.7. The minimum absolute atomic E-state index is 0.419. The number of furan rings is 1. The van der Waals surface area contributed by atoms with Crippen molar-refractivity contribution in [3.05, 3.63) is 62.1 Å². The second kappa shape index (κ2) is 6.58. The number of pyridine rings is 1. The zero-order valence-corrected chi connectivity index (χ0v) is 15.5. The fourth-order valence-electron chi connectivity index (χ4n) is 2.44. The molecule has 4 rings (SSSR count). The summed E-state index contributed by atoms with van der Waals surface area (Å²) >= 11 is 11.5. The van der Waals surface area contributed by atoms with Gasteiger partial charge in [0.2, 0.25) is 0 Å². The molecule has 0 radical (unpaired) electrons. The van der Waals surface area contributed by atoms with Gasteiger partial charge in [-0.2, -0.15) is 0 Å². The zero-order valence-electron chi connectivity index (χ0n) is 12.3. The lowest BCUT2D eigenvalue weighted by Gasteiger charge is -2.05. The van der Waals surface area contributed by atoms with E-state index in [9.17, 15) is 0 Å². The van der Waals surface area contributed by atoms with Crippen molar-refractivity contribution in [2.45, 2.75) is 13.0 Å². The monoisotopic (exact) mass is 422 g/mol. The van der Waals surface area contributed by atoms with E-state index in [1.807, 2.05) is 6.07 Å². The number of imidazole rings is 1. The van der Waals surface area contributed by atoms with Gasteiger partial charge in [-0.1, -0.05) is 17.7 Å². The van der Waals surface area contributed by atoms with Crippen LogP contribution < -0.4 is 5.32 Å². The van der Waals surface area contributed by atoms with Gasteiger partial charge in [-0.3, -0.25) is 0 Å². The molecule has 0 aliphatic carbocycles. The Balaban J connectivity index is 1.70. The van der Waals surface area contributed by atoms with Crippen molar-refractivity contribution in [1.29, 1.82) is 0 Å². The number of nitrogens with zero attached hydrogens (tertiary/aromatic N) is 2. The predicted octanol–water partition coefficient (Wildman–Crippen LogP) is 5.23. The van der Waals surface area contributed by atoms with Crippen LogP contribution in [0.5, 0.6) is 0 Å². The van der Waals surface area contributed by atoms with Crippen LogP contribution in [0.25, 0.3) is 11.1 Å². The number of aromatic nitrogens is 3. The summed E-state index contributed by atoms with van der Waals surface area (Å²) in [7, 11) is 0. The molecule has 0 bridgehead atoms. The van der Waals surface area contributed by atoms with E-state index >= 15 is 0 Å². The molecular formula is C16H12BrClN4OS. The van der Waals surface area contributed by atoms with Crippen molar-refractivity contribution in [3.63, 3.8) is 0 Å². The lowest BCUT2D eigenvalue weighted by atomic mass is 10.3. The zero-order chi connectivity index (χ0) is 16.5. The largest absolute Gasteiger partial charge is 0.455 e. The molecule has 24 heavy (non-hydrogen) atoms. The number of hydrogen-bond acceptors (Lipinski definition) is 5. The number of nitrogens with one attached hydrogen (secondary N) is 2. The minimum atomic E-state index is 0.419. The Morgan fingerprint density at radius 1 is 1.42 bits per heavy atom. The van der Waals surface area contributed by atoms with Crippen LogP contribution in [0.1, 0.15) is 16.5 Å². The Bertz CT molecular complexity index is 966. The lowest BCUT2D eigenvalue weighted by Crippen LogP contribution is -1.98. The van der Waals surface area contributed by atoms with Crippen molar-refractivity contribution in [2.24, 2.45) is 0 Å². The van der Waals surface area contributed by atoms with Crippen molar-refractivity contribution in [3.8, 4) is 0 Å². The number of H-pyrrole nitrogens is 1. The SMILES string of the molecule is Clc1cc(NCc2cccs2)c2oc(Cc3ncc[nH]3)c(Br)c2n1. The molecule has 0 aliphatic rings. The summed E-state index contributed by atoms with van der Waals surface area (Å²) in [6, 6.07) is 5.89. The van der Waals surface area contributed by atoms with Crippen LogP contribution in [0.15, 0.2) is 44.9 Å². The van der Waals surface area contributed by atoms with Gasteiger partial charge in [0.15, 0.2) is 5.58 Å².